The van der Waals surface area contributed by atoms with Crippen molar-refractivity contribution in [3.8, 4) is 0 Å². The van der Waals surface area contributed by atoms with Crippen LogP contribution in [0, 0.1) is 12.8 Å². The van der Waals surface area contributed by atoms with E-state index in [1.54, 1.807) is 6.92 Å². The van der Waals surface area contributed by atoms with E-state index < -0.39 is 0 Å². The highest BCUT2D eigenvalue weighted by atomic mass is 35.5. The number of rotatable bonds is 4. The number of aromatic nitrogens is 2. The summed E-state index contributed by atoms with van der Waals surface area (Å²) in [6.45, 7) is 2.31. The maximum absolute atomic E-state index is 11.0. The van der Waals surface area contributed by atoms with Crippen LogP contribution in [0.15, 0.2) is 0 Å². The summed E-state index contributed by atoms with van der Waals surface area (Å²) in [5, 5.41) is 13.0. The van der Waals surface area contributed by atoms with Crippen molar-refractivity contribution >= 4 is 23.7 Å². The lowest BCUT2D eigenvalue weighted by molar-refractivity contribution is 0.112. The zero-order chi connectivity index (χ0) is 13.1. The molecule has 2 atom stereocenters. The first-order chi connectivity index (χ1) is 8.61. The summed E-state index contributed by atoms with van der Waals surface area (Å²) in [6, 6.07) is 0. The van der Waals surface area contributed by atoms with Gasteiger partial charge in [-0.15, -0.1) is 0 Å². The van der Waals surface area contributed by atoms with Crippen molar-refractivity contribution in [3.63, 3.8) is 0 Å². The summed E-state index contributed by atoms with van der Waals surface area (Å²) in [6.07, 6.45) is 3.25. The quantitative estimate of drug-likeness (QED) is 0.644. The predicted molar refractivity (Wildman–Crippen MR) is 69.0 cm³/mol. The fourth-order valence-electron chi connectivity index (χ4n) is 2.27. The molecule has 2 N–H and O–H groups in total. The molecule has 98 valence electrons. The van der Waals surface area contributed by atoms with Gasteiger partial charge in [0.15, 0.2) is 6.29 Å². The monoisotopic (exact) mass is 269 g/mol. The van der Waals surface area contributed by atoms with Gasteiger partial charge < -0.3 is 10.4 Å². The van der Waals surface area contributed by atoms with Crippen molar-refractivity contribution < 1.29 is 9.90 Å². The van der Waals surface area contributed by atoms with E-state index in [-0.39, 0.29) is 22.7 Å². The van der Waals surface area contributed by atoms with Gasteiger partial charge in [-0.25, -0.2) is 9.97 Å². The first-order valence-electron chi connectivity index (χ1n) is 6.03. The van der Waals surface area contributed by atoms with Gasteiger partial charge in [-0.05, 0) is 19.8 Å². The second kappa shape index (κ2) is 5.63. The summed E-state index contributed by atoms with van der Waals surface area (Å²) in [5.41, 5.74) is 0.273. The minimum absolute atomic E-state index is 0.159. The molecule has 0 saturated heterocycles. The standard InChI is InChI=1S/C12H16ClN3O2/c1-7-15-11(13)9(6-17)12(16-7)14-5-8-3-2-4-10(8)18/h6,8,10,18H,2-5H2,1H3,(H,14,15,16). The number of halogens is 1. The molecule has 0 bridgehead atoms. The summed E-state index contributed by atoms with van der Waals surface area (Å²) in [5.74, 6) is 1.17. The van der Waals surface area contributed by atoms with Gasteiger partial charge in [0.1, 0.15) is 16.8 Å². The number of aliphatic hydroxyl groups excluding tert-OH is 1. The predicted octanol–water partition coefficient (Wildman–Crippen LogP) is 1.82. The largest absolute Gasteiger partial charge is 0.393 e. The van der Waals surface area contributed by atoms with Crippen LogP contribution < -0.4 is 5.32 Å². The molecule has 1 aromatic rings. The van der Waals surface area contributed by atoms with Crippen LogP contribution in [-0.4, -0.2) is 34.0 Å². The number of anilines is 1. The number of aldehydes is 1. The average Bonchev–Trinajstić information content (AvgIpc) is 2.71. The molecule has 2 rings (SSSR count). The molecule has 1 fully saturated rings. The second-order valence-electron chi connectivity index (χ2n) is 4.58. The lowest BCUT2D eigenvalue weighted by Crippen LogP contribution is -2.23. The van der Waals surface area contributed by atoms with E-state index in [0.717, 1.165) is 19.3 Å². The van der Waals surface area contributed by atoms with Crippen molar-refractivity contribution in [2.45, 2.75) is 32.3 Å². The van der Waals surface area contributed by atoms with E-state index in [0.29, 0.717) is 24.5 Å². The maximum atomic E-state index is 11.0. The molecule has 1 aliphatic carbocycles. The van der Waals surface area contributed by atoms with Gasteiger partial charge in [-0.1, -0.05) is 18.0 Å². The fourth-order valence-corrected chi connectivity index (χ4v) is 2.53. The molecular weight excluding hydrogens is 254 g/mol. The highest BCUT2D eigenvalue weighted by Crippen LogP contribution is 2.26. The number of aryl methyl sites for hydroxylation is 1. The Morgan fingerprint density at radius 1 is 1.50 bits per heavy atom. The van der Waals surface area contributed by atoms with E-state index in [4.69, 9.17) is 11.6 Å². The van der Waals surface area contributed by atoms with Crippen molar-refractivity contribution in [3.05, 3.63) is 16.5 Å². The molecule has 0 aromatic carbocycles. The Hall–Kier alpha value is -1.20. The molecular formula is C12H16ClN3O2. The molecule has 18 heavy (non-hydrogen) atoms. The number of hydrogen-bond donors (Lipinski definition) is 2. The highest BCUT2D eigenvalue weighted by Gasteiger charge is 2.25. The minimum Gasteiger partial charge on any atom is -0.393 e. The molecule has 1 aromatic heterocycles. The van der Waals surface area contributed by atoms with E-state index in [9.17, 15) is 9.90 Å². The van der Waals surface area contributed by atoms with Crippen LogP contribution in [0.5, 0.6) is 0 Å². The van der Waals surface area contributed by atoms with Gasteiger partial charge in [-0.2, -0.15) is 0 Å². The Bertz CT molecular complexity index is 453. The summed E-state index contributed by atoms with van der Waals surface area (Å²) < 4.78 is 0. The van der Waals surface area contributed by atoms with Gasteiger partial charge in [0.05, 0.1) is 11.7 Å². The third-order valence-corrected chi connectivity index (χ3v) is 3.57. The average molecular weight is 270 g/mol. The first-order valence-corrected chi connectivity index (χ1v) is 6.41. The molecule has 0 aliphatic heterocycles. The Morgan fingerprint density at radius 3 is 2.89 bits per heavy atom. The van der Waals surface area contributed by atoms with Gasteiger partial charge in [0, 0.05) is 12.5 Å². The van der Waals surface area contributed by atoms with Crippen LogP contribution in [0.3, 0.4) is 0 Å². The van der Waals surface area contributed by atoms with Gasteiger partial charge in [0.25, 0.3) is 0 Å². The lowest BCUT2D eigenvalue weighted by Gasteiger charge is -2.16. The number of carbonyl (C=O) groups excluding carboxylic acids is 1. The maximum Gasteiger partial charge on any atom is 0.156 e. The molecule has 2 unspecified atom stereocenters. The summed E-state index contributed by atoms with van der Waals surface area (Å²) >= 11 is 5.89. The Balaban J connectivity index is 2.10. The number of nitrogens with zero attached hydrogens (tertiary/aromatic N) is 2. The molecule has 6 heteroatoms. The molecule has 1 heterocycles. The topological polar surface area (TPSA) is 75.1 Å². The summed E-state index contributed by atoms with van der Waals surface area (Å²) in [4.78, 5) is 19.1. The molecule has 0 amide bonds. The van der Waals surface area contributed by atoms with E-state index in [1.165, 1.54) is 0 Å². The Labute approximate surface area is 111 Å². The van der Waals surface area contributed by atoms with Crippen LogP contribution >= 0.6 is 11.6 Å². The number of hydrogen-bond acceptors (Lipinski definition) is 5. The Kier molecular flexibility index (Phi) is 4.14. The third-order valence-electron chi connectivity index (χ3n) is 3.28. The van der Waals surface area contributed by atoms with E-state index in [1.807, 2.05) is 0 Å². The fraction of sp³-hybridized carbons (Fsp3) is 0.583. The Morgan fingerprint density at radius 2 is 2.28 bits per heavy atom. The van der Waals surface area contributed by atoms with Gasteiger partial charge in [0.2, 0.25) is 0 Å². The number of aliphatic hydroxyl groups is 1. The highest BCUT2D eigenvalue weighted by molar-refractivity contribution is 6.32. The molecule has 0 radical (unpaired) electrons. The van der Waals surface area contributed by atoms with Crippen LogP contribution in [0.1, 0.15) is 35.4 Å². The molecule has 1 aliphatic rings. The van der Waals surface area contributed by atoms with Crippen molar-refractivity contribution in [2.75, 3.05) is 11.9 Å². The number of carbonyl (C=O) groups is 1. The SMILES string of the molecule is Cc1nc(Cl)c(C=O)c(NCC2CCCC2O)n1. The zero-order valence-electron chi connectivity index (χ0n) is 10.2. The lowest BCUT2D eigenvalue weighted by atomic mass is 10.1. The zero-order valence-corrected chi connectivity index (χ0v) is 10.9. The van der Waals surface area contributed by atoms with Gasteiger partial charge >= 0.3 is 0 Å². The van der Waals surface area contributed by atoms with E-state index >= 15 is 0 Å². The van der Waals surface area contributed by atoms with Crippen molar-refractivity contribution in [1.29, 1.82) is 0 Å². The van der Waals surface area contributed by atoms with E-state index in [2.05, 4.69) is 15.3 Å². The normalized spacial score (nSPS) is 23.1. The van der Waals surface area contributed by atoms with Crippen molar-refractivity contribution in [1.82, 2.24) is 9.97 Å². The minimum atomic E-state index is -0.268. The third kappa shape index (κ3) is 2.79. The smallest absolute Gasteiger partial charge is 0.156 e. The van der Waals surface area contributed by atoms with Gasteiger partial charge in [-0.3, -0.25) is 4.79 Å². The molecule has 1 saturated carbocycles. The van der Waals surface area contributed by atoms with Crippen LogP contribution in [0.4, 0.5) is 5.82 Å². The first kappa shape index (κ1) is 13.2. The molecule has 5 nitrogen and oxygen atoms in total. The van der Waals surface area contributed by atoms with Crippen LogP contribution in [0.25, 0.3) is 0 Å². The van der Waals surface area contributed by atoms with Crippen LogP contribution in [-0.2, 0) is 0 Å². The molecule has 0 spiro atoms. The second-order valence-corrected chi connectivity index (χ2v) is 4.94. The summed E-state index contributed by atoms with van der Waals surface area (Å²) in [7, 11) is 0. The number of nitrogens with one attached hydrogen (secondary N) is 1. The van der Waals surface area contributed by atoms with Crippen molar-refractivity contribution in [2.24, 2.45) is 5.92 Å². The van der Waals surface area contributed by atoms with Crippen LogP contribution in [0.2, 0.25) is 5.15 Å².